The van der Waals surface area contributed by atoms with Crippen LogP contribution < -0.4 is 10.0 Å². The van der Waals surface area contributed by atoms with E-state index in [1.165, 1.54) is 31.4 Å². The minimum atomic E-state index is -3.74. The van der Waals surface area contributed by atoms with Gasteiger partial charge in [0.05, 0.1) is 4.90 Å². The molecule has 0 spiro atoms. The molecule has 0 atom stereocenters. The molecule has 8 heteroatoms. The molecule has 0 saturated carbocycles. The zero-order valence-corrected chi connectivity index (χ0v) is 16.2. The molecule has 6 nitrogen and oxygen atoms in total. The predicted molar refractivity (Wildman–Crippen MR) is 98.7 cm³/mol. The highest BCUT2D eigenvalue weighted by Crippen LogP contribution is 2.19. The molecular weight excluding hydrogens is 357 g/mol. The van der Waals surface area contributed by atoms with Gasteiger partial charge in [0.25, 0.3) is 0 Å². The van der Waals surface area contributed by atoms with Gasteiger partial charge < -0.3 is 5.32 Å². The Kier molecular flexibility index (Phi) is 7.14. The van der Waals surface area contributed by atoms with Gasteiger partial charge in [-0.05, 0) is 64.0 Å². The largest absolute Gasteiger partial charge is 0.354 e. The van der Waals surface area contributed by atoms with Gasteiger partial charge in [-0.15, -0.1) is 0 Å². The van der Waals surface area contributed by atoms with Crippen LogP contribution in [0.25, 0.3) is 0 Å². The lowest BCUT2D eigenvalue weighted by atomic mass is 9.98. The van der Waals surface area contributed by atoms with E-state index in [0.29, 0.717) is 6.54 Å². The zero-order chi connectivity index (χ0) is 19.2. The zero-order valence-electron chi connectivity index (χ0n) is 15.4. The molecule has 0 unspecified atom stereocenters. The lowest BCUT2D eigenvalue weighted by molar-refractivity contribution is -0.121. The van der Waals surface area contributed by atoms with E-state index < -0.39 is 15.8 Å². The van der Waals surface area contributed by atoms with E-state index in [9.17, 15) is 17.6 Å². The summed E-state index contributed by atoms with van der Waals surface area (Å²) in [5.41, 5.74) is -0.121. The number of nitrogens with one attached hydrogen (secondary N) is 2. The normalized spacial score (nSPS) is 16.4. The van der Waals surface area contributed by atoms with Crippen LogP contribution in [0.15, 0.2) is 29.2 Å². The molecule has 0 bridgehead atoms. The highest BCUT2D eigenvalue weighted by Gasteiger charge is 2.28. The van der Waals surface area contributed by atoms with Crippen molar-refractivity contribution in [3.05, 3.63) is 30.1 Å². The molecule has 1 fully saturated rings. The van der Waals surface area contributed by atoms with Crippen molar-refractivity contribution < 1.29 is 17.6 Å². The Morgan fingerprint density at radius 1 is 1.15 bits per heavy atom. The van der Waals surface area contributed by atoms with Crippen LogP contribution in [0.5, 0.6) is 0 Å². The highest BCUT2D eigenvalue weighted by molar-refractivity contribution is 7.89. The first-order chi connectivity index (χ1) is 12.2. The van der Waals surface area contributed by atoms with Crippen molar-refractivity contribution in [2.24, 2.45) is 0 Å². The molecule has 1 saturated heterocycles. The van der Waals surface area contributed by atoms with Gasteiger partial charge in [-0.1, -0.05) is 6.42 Å². The fourth-order valence-corrected chi connectivity index (χ4v) is 4.04. The lowest BCUT2D eigenvalue weighted by Crippen LogP contribution is -2.53. The van der Waals surface area contributed by atoms with Crippen molar-refractivity contribution in [2.45, 2.75) is 50.0 Å². The molecule has 1 aromatic rings. The molecule has 2 N–H and O–H groups in total. The Labute approximate surface area is 155 Å². The van der Waals surface area contributed by atoms with Gasteiger partial charge in [0.1, 0.15) is 5.82 Å². The van der Waals surface area contributed by atoms with Gasteiger partial charge in [0.15, 0.2) is 0 Å². The van der Waals surface area contributed by atoms with E-state index in [0.717, 1.165) is 25.2 Å². The molecule has 1 amide bonds. The van der Waals surface area contributed by atoms with Crippen LogP contribution in [-0.4, -0.2) is 50.9 Å². The summed E-state index contributed by atoms with van der Waals surface area (Å²) in [5, 5.41) is 2.89. The quantitative estimate of drug-likeness (QED) is 0.716. The van der Waals surface area contributed by atoms with E-state index in [-0.39, 0.29) is 29.3 Å². The van der Waals surface area contributed by atoms with Gasteiger partial charge in [-0.25, -0.2) is 17.5 Å². The number of halogens is 1. The number of amides is 1. The monoisotopic (exact) mass is 385 g/mol. The maximum atomic E-state index is 12.9. The molecule has 0 radical (unpaired) electrons. The summed E-state index contributed by atoms with van der Waals surface area (Å²) in [4.78, 5) is 14.4. The molecular formula is C18H28FN3O3S. The van der Waals surface area contributed by atoms with Crippen LogP contribution in [0, 0.1) is 5.82 Å². The number of benzene rings is 1. The summed E-state index contributed by atoms with van der Waals surface area (Å²) >= 11 is 0. The van der Waals surface area contributed by atoms with Crippen molar-refractivity contribution in [3.8, 4) is 0 Å². The second-order valence-electron chi connectivity index (χ2n) is 7.24. The third-order valence-corrected chi connectivity index (χ3v) is 6.18. The van der Waals surface area contributed by atoms with Crippen LogP contribution >= 0.6 is 0 Å². The molecule has 0 aliphatic carbocycles. The van der Waals surface area contributed by atoms with Crippen molar-refractivity contribution in [2.75, 3.05) is 26.2 Å². The summed E-state index contributed by atoms with van der Waals surface area (Å²) in [6.45, 7) is 6.82. The maximum Gasteiger partial charge on any atom is 0.240 e. The molecule has 26 heavy (non-hydrogen) atoms. The highest BCUT2D eigenvalue weighted by atomic mass is 32.2. The molecule has 1 aliphatic rings. The Bertz CT molecular complexity index is 699. The average molecular weight is 386 g/mol. The minimum Gasteiger partial charge on any atom is -0.354 e. The van der Waals surface area contributed by atoms with E-state index in [1.807, 2.05) is 0 Å². The second kappa shape index (κ2) is 8.92. The molecule has 146 valence electrons. The minimum absolute atomic E-state index is 0.00428. The third kappa shape index (κ3) is 6.03. The number of nitrogens with zero attached hydrogens (tertiary/aromatic N) is 1. The van der Waals surface area contributed by atoms with Crippen molar-refractivity contribution in [3.63, 3.8) is 0 Å². The predicted octanol–water partition coefficient (Wildman–Crippen LogP) is 1.87. The summed E-state index contributed by atoms with van der Waals surface area (Å²) in [6.07, 6.45) is 3.68. The summed E-state index contributed by atoms with van der Waals surface area (Å²) in [6, 6.07) is 4.56. The number of sulfonamides is 1. The average Bonchev–Trinajstić information content (AvgIpc) is 2.61. The molecule has 1 heterocycles. The van der Waals surface area contributed by atoms with Crippen LogP contribution in [-0.2, 0) is 14.8 Å². The van der Waals surface area contributed by atoms with E-state index in [2.05, 4.69) is 28.8 Å². The first kappa shape index (κ1) is 20.8. The Balaban J connectivity index is 1.75. The smallest absolute Gasteiger partial charge is 0.240 e. The number of piperidine rings is 1. The first-order valence-corrected chi connectivity index (χ1v) is 10.5. The summed E-state index contributed by atoms with van der Waals surface area (Å²) in [5.74, 6) is -0.698. The van der Waals surface area contributed by atoms with Gasteiger partial charge in [0.2, 0.25) is 15.9 Å². The molecule has 2 rings (SSSR count). The fraction of sp³-hybridized carbons (Fsp3) is 0.611. The standard InChI is InChI=1S/C18H28FN3O3S/c1-18(2,22-12-4-3-5-13-22)14-20-17(23)10-11-21-26(24,25)16-8-6-15(19)7-9-16/h6-9,21H,3-5,10-14H2,1-2H3,(H,20,23). The van der Waals surface area contributed by atoms with Gasteiger partial charge >= 0.3 is 0 Å². The molecule has 1 aliphatic heterocycles. The first-order valence-electron chi connectivity index (χ1n) is 8.98. The SMILES string of the molecule is CC(C)(CNC(=O)CCNS(=O)(=O)c1ccc(F)cc1)N1CCCCC1. The Morgan fingerprint density at radius 2 is 1.77 bits per heavy atom. The number of rotatable bonds is 8. The van der Waals surface area contributed by atoms with Gasteiger partial charge in [-0.2, -0.15) is 0 Å². The summed E-state index contributed by atoms with van der Waals surface area (Å²) < 4.78 is 39.4. The van der Waals surface area contributed by atoms with Crippen LogP contribution in [0.2, 0.25) is 0 Å². The third-order valence-electron chi connectivity index (χ3n) is 4.70. The van der Waals surface area contributed by atoms with Gasteiger partial charge in [0, 0.05) is 25.0 Å². The second-order valence-corrected chi connectivity index (χ2v) is 9.01. The summed E-state index contributed by atoms with van der Waals surface area (Å²) in [7, 11) is -3.74. The van der Waals surface area contributed by atoms with Crippen molar-refractivity contribution in [1.82, 2.24) is 14.9 Å². The topological polar surface area (TPSA) is 78.5 Å². The fourth-order valence-electron chi connectivity index (χ4n) is 3.01. The maximum absolute atomic E-state index is 12.9. The van der Waals surface area contributed by atoms with Crippen molar-refractivity contribution >= 4 is 15.9 Å². The molecule has 0 aromatic heterocycles. The van der Waals surface area contributed by atoms with Crippen LogP contribution in [0.3, 0.4) is 0 Å². The number of hydrogen-bond acceptors (Lipinski definition) is 4. The van der Waals surface area contributed by atoms with E-state index in [4.69, 9.17) is 0 Å². The van der Waals surface area contributed by atoms with Gasteiger partial charge in [-0.3, -0.25) is 9.69 Å². The van der Waals surface area contributed by atoms with E-state index in [1.54, 1.807) is 0 Å². The molecule has 1 aromatic carbocycles. The number of hydrogen-bond donors (Lipinski definition) is 2. The Hall–Kier alpha value is -1.51. The number of likely N-dealkylation sites (tertiary alicyclic amines) is 1. The number of carbonyl (C=O) groups excluding carboxylic acids is 1. The van der Waals surface area contributed by atoms with Crippen LogP contribution in [0.1, 0.15) is 39.5 Å². The van der Waals surface area contributed by atoms with Crippen LogP contribution in [0.4, 0.5) is 4.39 Å². The number of carbonyl (C=O) groups is 1. The Morgan fingerprint density at radius 3 is 2.38 bits per heavy atom. The van der Waals surface area contributed by atoms with E-state index >= 15 is 0 Å². The van der Waals surface area contributed by atoms with Crippen molar-refractivity contribution in [1.29, 1.82) is 0 Å². The lowest BCUT2D eigenvalue weighted by Gasteiger charge is -2.41.